The average molecular weight is 493 g/mol. The summed E-state index contributed by atoms with van der Waals surface area (Å²) in [6.45, 7) is 3.82. The largest absolute Gasteiger partial charge is 0.481 e. The molecule has 0 aromatic heterocycles. The number of carbonyl (C=O) groups excluding carboxylic acids is 1. The van der Waals surface area contributed by atoms with Crippen LogP contribution in [0.15, 0.2) is 71.6 Å². The molecule has 32 heavy (non-hydrogen) atoms. The first kappa shape index (κ1) is 23.9. The predicted octanol–water partition coefficient (Wildman–Crippen LogP) is 5.90. The fraction of sp³-hybridized carbons (Fsp3) is 0.174. The van der Waals surface area contributed by atoms with Crippen LogP contribution in [0, 0.1) is 6.92 Å². The first-order chi connectivity index (χ1) is 15.2. The smallest absolute Gasteiger partial charge is 0.265 e. The summed E-state index contributed by atoms with van der Waals surface area (Å²) in [6, 6.07) is 17.7. The highest BCUT2D eigenvalue weighted by molar-refractivity contribution is 7.92. The van der Waals surface area contributed by atoms with E-state index in [-0.39, 0.29) is 16.5 Å². The third-order valence-corrected chi connectivity index (χ3v) is 6.34. The highest BCUT2D eigenvalue weighted by Crippen LogP contribution is 2.25. The summed E-state index contributed by atoms with van der Waals surface area (Å²) < 4.78 is 33.5. The van der Waals surface area contributed by atoms with Crippen LogP contribution in [0.3, 0.4) is 0 Å². The Balaban J connectivity index is 1.67. The van der Waals surface area contributed by atoms with Crippen molar-refractivity contribution in [3.63, 3.8) is 0 Å². The summed E-state index contributed by atoms with van der Waals surface area (Å²) >= 11 is 11.8. The molecular formula is C23H22Cl2N2O4S. The van der Waals surface area contributed by atoms with E-state index in [0.717, 1.165) is 5.56 Å². The third-order valence-electron chi connectivity index (χ3n) is 4.51. The molecule has 6 nitrogen and oxygen atoms in total. The molecule has 3 aromatic rings. The maximum Gasteiger partial charge on any atom is 0.265 e. The summed E-state index contributed by atoms with van der Waals surface area (Å²) in [6.07, 6.45) is -0.214. The monoisotopic (exact) mass is 492 g/mol. The highest BCUT2D eigenvalue weighted by atomic mass is 35.5. The number of benzene rings is 3. The van der Waals surface area contributed by atoms with E-state index in [1.165, 1.54) is 42.5 Å². The predicted molar refractivity (Wildman–Crippen MR) is 128 cm³/mol. The Hall–Kier alpha value is -2.74. The molecule has 168 valence electrons. The molecule has 1 amide bonds. The lowest BCUT2D eigenvalue weighted by atomic mass is 10.2. The Morgan fingerprint density at radius 3 is 2.09 bits per heavy atom. The van der Waals surface area contributed by atoms with Crippen molar-refractivity contribution in [1.29, 1.82) is 0 Å². The van der Waals surface area contributed by atoms with Gasteiger partial charge in [0.25, 0.3) is 15.9 Å². The third kappa shape index (κ3) is 6.38. The van der Waals surface area contributed by atoms with Crippen LogP contribution in [0.1, 0.15) is 18.9 Å². The molecule has 3 rings (SSSR count). The summed E-state index contributed by atoms with van der Waals surface area (Å²) in [7, 11) is -3.86. The average Bonchev–Trinajstić information content (AvgIpc) is 2.72. The van der Waals surface area contributed by atoms with E-state index in [0.29, 0.717) is 27.9 Å². The number of halogens is 2. The first-order valence-electron chi connectivity index (χ1n) is 9.79. The van der Waals surface area contributed by atoms with Gasteiger partial charge in [0.05, 0.1) is 10.6 Å². The van der Waals surface area contributed by atoms with E-state index >= 15 is 0 Å². The molecule has 0 unspecified atom stereocenters. The van der Waals surface area contributed by atoms with Crippen molar-refractivity contribution < 1.29 is 17.9 Å². The van der Waals surface area contributed by atoms with E-state index in [9.17, 15) is 13.2 Å². The van der Waals surface area contributed by atoms with Gasteiger partial charge in [-0.25, -0.2) is 8.42 Å². The SMILES string of the molecule is CC[C@@H](Oc1ccc(C)cc1)C(=O)Nc1ccc(S(=O)(=O)Nc2cc(Cl)cc(Cl)c2)cc1. The summed E-state index contributed by atoms with van der Waals surface area (Å²) in [5, 5.41) is 3.38. The number of anilines is 2. The molecule has 1 atom stereocenters. The van der Waals surface area contributed by atoms with Gasteiger partial charge in [-0.3, -0.25) is 9.52 Å². The maximum atomic E-state index is 12.6. The van der Waals surface area contributed by atoms with Gasteiger partial charge in [0, 0.05) is 15.7 Å². The van der Waals surface area contributed by atoms with Crippen molar-refractivity contribution in [3.8, 4) is 5.75 Å². The molecule has 0 saturated carbocycles. The zero-order chi connectivity index (χ0) is 23.3. The van der Waals surface area contributed by atoms with Gasteiger partial charge < -0.3 is 10.1 Å². The van der Waals surface area contributed by atoms with Crippen molar-refractivity contribution in [1.82, 2.24) is 0 Å². The molecule has 2 N–H and O–H groups in total. The topological polar surface area (TPSA) is 84.5 Å². The van der Waals surface area contributed by atoms with E-state index < -0.39 is 16.1 Å². The number of rotatable bonds is 8. The van der Waals surface area contributed by atoms with Crippen molar-refractivity contribution in [2.75, 3.05) is 10.0 Å². The zero-order valence-electron chi connectivity index (χ0n) is 17.4. The maximum absolute atomic E-state index is 12.6. The molecule has 0 radical (unpaired) electrons. The normalized spacial score (nSPS) is 12.1. The molecular weight excluding hydrogens is 471 g/mol. The molecule has 0 heterocycles. The minimum Gasteiger partial charge on any atom is -0.481 e. The van der Waals surface area contributed by atoms with Crippen LogP contribution in [0.2, 0.25) is 10.0 Å². The molecule has 0 aliphatic rings. The standard InChI is InChI=1S/C23H22Cl2N2O4S/c1-3-22(31-20-8-4-15(2)5-9-20)23(28)26-18-6-10-21(11-7-18)32(29,30)27-19-13-16(24)12-17(25)14-19/h4-14,22,27H,3H2,1-2H3,(H,26,28)/t22-/m1/s1. The van der Waals surface area contributed by atoms with Gasteiger partial charge in [-0.1, -0.05) is 47.8 Å². The molecule has 0 aliphatic heterocycles. The Bertz CT molecular complexity index is 1180. The van der Waals surface area contributed by atoms with Gasteiger partial charge in [-0.15, -0.1) is 0 Å². The molecule has 0 fully saturated rings. The van der Waals surface area contributed by atoms with Crippen LogP contribution >= 0.6 is 23.2 Å². The van der Waals surface area contributed by atoms with Crippen LogP contribution in [0.25, 0.3) is 0 Å². The lowest BCUT2D eigenvalue weighted by molar-refractivity contribution is -0.122. The Morgan fingerprint density at radius 1 is 0.938 bits per heavy atom. The zero-order valence-corrected chi connectivity index (χ0v) is 19.8. The van der Waals surface area contributed by atoms with Gasteiger partial charge in [-0.2, -0.15) is 0 Å². The van der Waals surface area contributed by atoms with Crippen LogP contribution in [-0.2, 0) is 14.8 Å². The number of nitrogens with one attached hydrogen (secondary N) is 2. The molecule has 3 aromatic carbocycles. The lowest BCUT2D eigenvalue weighted by Gasteiger charge is -2.17. The Labute approximate surface area is 197 Å². The number of hydrogen-bond acceptors (Lipinski definition) is 4. The van der Waals surface area contributed by atoms with E-state index in [1.807, 2.05) is 38.1 Å². The minimum atomic E-state index is -3.86. The quantitative estimate of drug-likeness (QED) is 0.409. The minimum absolute atomic E-state index is 0.0227. The number of carbonyl (C=O) groups is 1. The van der Waals surface area contributed by atoms with Crippen LogP contribution < -0.4 is 14.8 Å². The fourth-order valence-electron chi connectivity index (χ4n) is 2.87. The number of aryl methyl sites for hydroxylation is 1. The number of ether oxygens (including phenoxy) is 1. The molecule has 0 aliphatic carbocycles. The second-order valence-electron chi connectivity index (χ2n) is 7.11. The van der Waals surface area contributed by atoms with E-state index in [4.69, 9.17) is 27.9 Å². The number of hydrogen-bond donors (Lipinski definition) is 2. The van der Waals surface area contributed by atoms with Gasteiger partial charge in [-0.05, 0) is 67.9 Å². The second-order valence-corrected chi connectivity index (χ2v) is 9.66. The van der Waals surface area contributed by atoms with Crippen molar-refractivity contribution in [2.24, 2.45) is 0 Å². The summed E-state index contributed by atoms with van der Waals surface area (Å²) in [4.78, 5) is 12.6. The molecule has 0 bridgehead atoms. The van der Waals surface area contributed by atoms with Gasteiger partial charge in [0.2, 0.25) is 0 Å². The van der Waals surface area contributed by atoms with E-state index in [2.05, 4.69) is 10.0 Å². The van der Waals surface area contributed by atoms with Crippen LogP contribution in [-0.4, -0.2) is 20.4 Å². The lowest BCUT2D eigenvalue weighted by Crippen LogP contribution is -2.32. The second kappa shape index (κ2) is 10.3. The van der Waals surface area contributed by atoms with Crippen molar-refractivity contribution in [3.05, 3.63) is 82.3 Å². The molecule has 0 spiro atoms. The highest BCUT2D eigenvalue weighted by Gasteiger charge is 2.19. The number of amides is 1. The first-order valence-corrected chi connectivity index (χ1v) is 12.0. The fourth-order valence-corrected chi connectivity index (χ4v) is 4.44. The van der Waals surface area contributed by atoms with Crippen molar-refractivity contribution >= 4 is 50.5 Å². The summed E-state index contributed by atoms with van der Waals surface area (Å²) in [5.41, 5.74) is 1.79. The Morgan fingerprint density at radius 2 is 1.53 bits per heavy atom. The number of sulfonamides is 1. The van der Waals surface area contributed by atoms with Gasteiger partial charge >= 0.3 is 0 Å². The van der Waals surface area contributed by atoms with E-state index in [1.54, 1.807) is 0 Å². The van der Waals surface area contributed by atoms with Crippen LogP contribution in [0.5, 0.6) is 5.75 Å². The van der Waals surface area contributed by atoms with Crippen LogP contribution in [0.4, 0.5) is 11.4 Å². The Kier molecular flexibility index (Phi) is 7.66. The van der Waals surface area contributed by atoms with Crippen molar-refractivity contribution in [2.45, 2.75) is 31.3 Å². The molecule has 9 heteroatoms. The summed E-state index contributed by atoms with van der Waals surface area (Å²) in [5.74, 6) is 0.279. The van der Waals surface area contributed by atoms with Gasteiger partial charge in [0.15, 0.2) is 6.10 Å². The van der Waals surface area contributed by atoms with Gasteiger partial charge in [0.1, 0.15) is 5.75 Å². The molecule has 0 saturated heterocycles.